The quantitative estimate of drug-likeness (QED) is 0.811. The summed E-state index contributed by atoms with van der Waals surface area (Å²) in [6.07, 6.45) is 0. The van der Waals surface area contributed by atoms with E-state index < -0.39 is 0 Å². The second-order valence-corrected chi connectivity index (χ2v) is 6.39. The van der Waals surface area contributed by atoms with E-state index in [0.29, 0.717) is 10.6 Å². The fourth-order valence-corrected chi connectivity index (χ4v) is 2.48. The average Bonchev–Trinajstić information content (AvgIpc) is 2.53. The Kier molecular flexibility index (Phi) is 6.19. The van der Waals surface area contributed by atoms with Crippen LogP contribution in [-0.4, -0.2) is 18.4 Å². The second kappa shape index (κ2) is 8.13. The second-order valence-electron chi connectivity index (χ2n) is 5.03. The van der Waals surface area contributed by atoms with E-state index in [-0.39, 0.29) is 24.4 Å². The molecule has 1 atom stereocenters. The lowest BCUT2D eigenvalue weighted by molar-refractivity contribution is -0.120. The predicted molar refractivity (Wildman–Crippen MR) is 94.5 cm³/mol. The molecular weight excluding hydrogens is 380 g/mol. The first kappa shape index (κ1) is 17.5. The Balaban J connectivity index is 1.85. The van der Waals surface area contributed by atoms with Gasteiger partial charge in [0.1, 0.15) is 0 Å². The van der Waals surface area contributed by atoms with E-state index >= 15 is 0 Å². The number of benzene rings is 2. The van der Waals surface area contributed by atoms with Crippen molar-refractivity contribution in [3.05, 3.63) is 69.2 Å². The van der Waals surface area contributed by atoms with Crippen LogP contribution in [0.15, 0.2) is 53.0 Å². The zero-order valence-corrected chi connectivity index (χ0v) is 14.8. The first-order chi connectivity index (χ1) is 11.0. The standard InChI is InChI=1S/C17H16BrClN2O2/c1-11(13-3-2-4-15(19)9-13)21-16(22)10-20-17(23)12-5-7-14(18)8-6-12/h2-9,11H,10H2,1H3,(H,20,23)(H,21,22). The van der Waals surface area contributed by atoms with Crippen molar-refractivity contribution in [3.63, 3.8) is 0 Å². The van der Waals surface area contributed by atoms with Crippen LogP contribution in [0.3, 0.4) is 0 Å². The lowest BCUT2D eigenvalue weighted by atomic mass is 10.1. The Labute approximate surface area is 148 Å². The summed E-state index contributed by atoms with van der Waals surface area (Å²) in [6, 6.07) is 14.0. The average molecular weight is 396 g/mol. The normalized spacial score (nSPS) is 11.6. The van der Waals surface area contributed by atoms with Crippen LogP contribution in [-0.2, 0) is 4.79 Å². The number of carbonyl (C=O) groups is 2. The van der Waals surface area contributed by atoms with E-state index in [9.17, 15) is 9.59 Å². The van der Waals surface area contributed by atoms with Gasteiger partial charge in [-0.15, -0.1) is 0 Å². The first-order valence-electron chi connectivity index (χ1n) is 7.04. The van der Waals surface area contributed by atoms with Crippen molar-refractivity contribution in [2.45, 2.75) is 13.0 Å². The Morgan fingerprint density at radius 1 is 1.17 bits per heavy atom. The Morgan fingerprint density at radius 3 is 2.52 bits per heavy atom. The van der Waals surface area contributed by atoms with Crippen molar-refractivity contribution in [3.8, 4) is 0 Å². The summed E-state index contributed by atoms with van der Waals surface area (Å²) >= 11 is 9.24. The number of nitrogens with one attached hydrogen (secondary N) is 2. The molecule has 2 aromatic rings. The SMILES string of the molecule is CC(NC(=O)CNC(=O)c1ccc(Br)cc1)c1cccc(Cl)c1. The van der Waals surface area contributed by atoms with Gasteiger partial charge in [0, 0.05) is 15.1 Å². The number of hydrogen-bond donors (Lipinski definition) is 2. The summed E-state index contributed by atoms with van der Waals surface area (Å²) in [5.74, 6) is -0.550. The Bertz CT molecular complexity index is 704. The van der Waals surface area contributed by atoms with Gasteiger partial charge in [0.15, 0.2) is 0 Å². The molecule has 2 aromatic carbocycles. The molecule has 0 saturated heterocycles. The van der Waals surface area contributed by atoms with E-state index in [2.05, 4.69) is 26.6 Å². The third-order valence-electron chi connectivity index (χ3n) is 3.24. The smallest absolute Gasteiger partial charge is 0.251 e. The summed E-state index contributed by atoms with van der Waals surface area (Å²) in [4.78, 5) is 23.9. The molecule has 0 radical (unpaired) electrons. The zero-order chi connectivity index (χ0) is 16.8. The van der Waals surface area contributed by atoms with Crippen LogP contribution < -0.4 is 10.6 Å². The summed E-state index contributed by atoms with van der Waals surface area (Å²) in [5, 5.41) is 6.03. The summed E-state index contributed by atoms with van der Waals surface area (Å²) < 4.78 is 0.891. The molecule has 6 heteroatoms. The minimum atomic E-state index is -0.289. The third-order valence-corrected chi connectivity index (χ3v) is 4.01. The molecule has 2 amide bonds. The van der Waals surface area contributed by atoms with Crippen molar-refractivity contribution in [2.24, 2.45) is 0 Å². The number of rotatable bonds is 5. The molecule has 0 aliphatic rings. The molecule has 2 N–H and O–H groups in total. The molecule has 0 saturated carbocycles. The van der Waals surface area contributed by atoms with Gasteiger partial charge in [0.2, 0.25) is 5.91 Å². The van der Waals surface area contributed by atoms with Crippen LogP contribution in [0.25, 0.3) is 0 Å². The van der Waals surface area contributed by atoms with E-state index in [1.807, 2.05) is 19.1 Å². The van der Waals surface area contributed by atoms with Gasteiger partial charge < -0.3 is 10.6 Å². The van der Waals surface area contributed by atoms with E-state index in [1.165, 1.54) is 0 Å². The van der Waals surface area contributed by atoms with Gasteiger partial charge in [0.25, 0.3) is 5.91 Å². The van der Waals surface area contributed by atoms with E-state index in [4.69, 9.17) is 11.6 Å². The molecule has 1 unspecified atom stereocenters. The van der Waals surface area contributed by atoms with E-state index in [1.54, 1.807) is 36.4 Å². The Hall–Kier alpha value is -1.85. The number of amides is 2. The molecule has 0 bridgehead atoms. The van der Waals surface area contributed by atoms with Crippen LogP contribution in [0.1, 0.15) is 28.9 Å². The predicted octanol–water partition coefficient (Wildman–Crippen LogP) is 3.71. The van der Waals surface area contributed by atoms with Gasteiger partial charge in [-0.3, -0.25) is 9.59 Å². The highest BCUT2D eigenvalue weighted by Crippen LogP contribution is 2.17. The lowest BCUT2D eigenvalue weighted by Crippen LogP contribution is -2.38. The molecule has 120 valence electrons. The maximum Gasteiger partial charge on any atom is 0.251 e. The fraction of sp³-hybridized carbons (Fsp3) is 0.176. The van der Waals surface area contributed by atoms with E-state index in [0.717, 1.165) is 10.0 Å². The molecule has 0 aliphatic heterocycles. The van der Waals surface area contributed by atoms with Crippen LogP contribution in [0.4, 0.5) is 0 Å². The molecule has 0 spiro atoms. The van der Waals surface area contributed by atoms with Crippen LogP contribution >= 0.6 is 27.5 Å². The van der Waals surface area contributed by atoms with Crippen molar-refractivity contribution in [2.75, 3.05) is 6.54 Å². The van der Waals surface area contributed by atoms with Crippen molar-refractivity contribution in [1.82, 2.24) is 10.6 Å². The topological polar surface area (TPSA) is 58.2 Å². The lowest BCUT2D eigenvalue weighted by Gasteiger charge is -2.15. The van der Waals surface area contributed by atoms with Gasteiger partial charge in [-0.25, -0.2) is 0 Å². The molecular formula is C17H16BrClN2O2. The zero-order valence-electron chi connectivity index (χ0n) is 12.5. The minimum Gasteiger partial charge on any atom is -0.348 e. The highest BCUT2D eigenvalue weighted by atomic mass is 79.9. The van der Waals surface area contributed by atoms with Gasteiger partial charge in [-0.05, 0) is 48.9 Å². The summed E-state index contributed by atoms with van der Waals surface area (Å²) in [7, 11) is 0. The molecule has 0 aliphatic carbocycles. The molecule has 2 rings (SSSR count). The highest BCUT2D eigenvalue weighted by molar-refractivity contribution is 9.10. The minimum absolute atomic E-state index is 0.0835. The summed E-state index contributed by atoms with van der Waals surface area (Å²) in [5.41, 5.74) is 1.41. The van der Waals surface area contributed by atoms with Crippen molar-refractivity contribution < 1.29 is 9.59 Å². The number of carbonyl (C=O) groups excluding carboxylic acids is 2. The molecule has 0 fully saturated rings. The van der Waals surface area contributed by atoms with Gasteiger partial charge in [0.05, 0.1) is 12.6 Å². The molecule has 4 nitrogen and oxygen atoms in total. The number of hydrogen-bond acceptors (Lipinski definition) is 2. The highest BCUT2D eigenvalue weighted by Gasteiger charge is 2.12. The molecule has 0 heterocycles. The number of halogens is 2. The van der Waals surface area contributed by atoms with Crippen molar-refractivity contribution >= 4 is 39.3 Å². The van der Waals surface area contributed by atoms with Gasteiger partial charge in [-0.2, -0.15) is 0 Å². The van der Waals surface area contributed by atoms with Crippen molar-refractivity contribution in [1.29, 1.82) is 0 Å². The van der Waals surface area contributed by atoms with Crippen LogP contribution in [0.5, 0.6) is 0 Å². The van der Waals surface area contributed by atoms with Crippen LogP contribution in [0, 0.1) is 0 Å². The third kappa shape index (κ3) is 5.37. The van der Waals surface area contributed by atoms with Gasteiger partial charge in [-0.1, -0.05) is 39.7 Å². The van der Waals surface area contributed by atoms with Crippen LogP contribution in [0.2, 0.25) is 5.02 Å². The molecule has 0 aromatic heterocycles. The van der Waals surface area contributed by atoms with Gasteiger partial charge >= 0.3 is 0 Å². The fourth-order valence-electron chi connectivity index (χ4n) is 2.02. The first-order valence-corrected chi connectivity index (χ1v) is 8.21. The Morgan fingerprint density at radius 2 is 1.87 bits per heavy atom. The maximum atomic E-state index is 11.9. The summed E-state index contributed by atoms with van der Waals surface area (Å²) in [6.45, 7) is 1.78. The molecule has 23 heavy (non-hydrogen) atoms. The largest absolute Gasteiger partial charge is 0.348 e. The maximum absolute atomic E-state index is 11.9. The monoisotopic (exact) mass is 394 g/mol.